The lowest BCUT2D eigenvalue weighted by Gasteiger charge is -2.24. The van der Waals surface area contributed by atoms with Gasteiger partial charge < -0.3 is 14.7 Å². The normalized spacial score (nSPS) is 16.5. The van der Waals surface area contributed by atoms with Crippen molar-refractivity contribution in [1.82, 2.24) is 4.90 Å². The van der Waals surface area contributed by atoms with Gasteiger partial charge in [-0.1, -0.05) is 80.9 Å². The van der Waals surface area contributed by atoms with Gasteiger partial charge in [0.1, 0.15) is 0 Å². The largest absolute Gasteiger partial charge is 0.465 e. The number of methoxy groups -OCH3 is 1. The summed E-state index contributed by atoms with van der Waals surface area (Å²) < 4.78 is 4.75. The zero-order valence-electron chi connectivity index (χ0n) is 23.7. The number of amides is 1. The topological polar surface area (TPSA) is 66.8 Å². The second kappa shape index (κ2) is 12.8. The molecule has 0 spiro atoms. The molecule has 40 heavy (non-hydrogen) atoms. The number of nitrogens with zero attached hydrogens (tertiary/aromatic N) is 1. The fourth-order valence-electron chi connectivity index (χ4n) is 5.25. The van der Waals surface area contributed by atoms with Crippen molar-refractivity contribution in [3.05, 3.63) is 106 Å². The molecule has 6 heteroatoms. The third-order valence-electron chi connectivity index (χ3n) is 7.46. The van der Waals surface area contributed by atoms with E-state index >= 15 is 0 Å². The van der Waals surface area contributed by atoms with Gasteiger partial charge in [0, 0.05) is 18.0 Å². The van der Waals surface area contributed by atoms with Crippen molar-refractivity contribution in [2.45, 2.75) is 64.0 Å². The second-order valence-electron chi connectivity index (χ2n) is 11.4. The monoisotopic (exact) mass is 559 g/mol. The molecule has 1 heterocycles. The molecule has 4 rings (SSSR count). The number of carbonyl (C=O) groups is 2. The van der Waals surface area contributed by atoms with Crippen molar-refractivity contribution in [2.75, 3.05) is 13.7 Å². The first kappa shape index (κ1) is 29.6. The molecular weight excluding hydrogens is 522 g/mol. The van der Waals surface area contributed by atoms with Gasteiger partial charge in [0.25, 0.3) is 0 Å². The lowest BCUT2D eigenvalue weighted by molar-refractivity contribution is -0.128. The van der Waals surface area contributed by atoms with Crippen LogP contribution in [0.15, 0.2) is 78.9 Å². The number of aliphatic hydroxyl groups excluding tert-OH is 1. The van der Waals surface area contributed by atoms with Gasteiger partial charge in [-0.25, -0.2) is 4.79 Å². The van der Waals surface area contributed by atoms with Gasteiger partial charge >= 0.3 is 5.97 Å². The molecule has 1 aliphatic rings. The van der Waals surface area contributed by atoms with Crippen molar-refractivity contribution in [2.24, 2.45) is 0 Å². The Labute approximate surface area is 242 Å². The predicted octanol–water partition coefficient (Wildman–Crippen LogP) is 7.30. The van der Waals surface area contributed by atoms with E-state index in [0.717, 1.165) is 47.1 Å². The van der Waals surface area contributed by atoms with Gasteiger partial charge in [-0.3, -0.25) is 4.79 Å². The molecule has 3 aromatic rings. The van der Waals surface area contributed by atoms with Gasteiger partial charge in [-0.2, -0.15) is 0 Å². The molecule has 0 bridgehead atoms. The molecule has 2 atom stereocenters. The van der Waals surface area contributed by atoms with Gasteiger partial charge in [0.05, 0.1) is 24.8 Å². The number of carbonyl (C=O) groups excluding carboxylic acids is 2. The van der Waals surface area contributed by atoms with Crippen LogP contribution in [-0.4, -0.2) is 41.6 Å². The Bertz CT molecular complexity index is 1370. The zero-order chi connectivity index (χ0) is 28.9. The first-order valence-electron chi connectivity index (χ1n) is 13.8. The molecular formula is C34H38ClNO4. The van der Waals surface area contributed by atoms with E-state index in [0.29, 0.717) is 23.6 Å². The Morgan fingerprint density at radius 3 is 2.58 bits per heavy atom. The molecule has 0 saturated carbocycles. The minimum atomic E-state index is -0.781. The second-order valence-corrected chi connectivity index (χ2v) is 11.8. The number of hydrogen-bond donors (Lipinski definition) is 1. The van der Waals surface area contributed by atoms with E-state index in [1.807, 2.05) is 59.5 Å². The Morgan fingerprint density at radius 2 is 1.88 bits per heavy atom. The summed E-state index contributed by atoms with van der Waals surface area (Å²) in [6.45, 7) is 7.14. The van der Waals surface area contributed by atoms with Crippen LogP contribution in [0.25, 0.3) is 11.1 Å². The summed E-state index contributed by atoms with van der Waals surface area (Å²) in [5, 5.41) is 11.7. The minimum Gasteiger partial charge on any atom is -0.465 e. The molecule has 3 aromatic carbocycles. The molecule has 210 valence electrons. The van der Waals surface area contributed by atoms with Crippen LogP contribution in [0, 0.1) is 0 Å². The Morgan fingerprint density at radius 1 is 1.12 bits per heavy atom. The van der Waals surface area contributed by atoms with Gasteiger partial charge in [-0.15, -0.1) is 0 Å². The van der Waals surface area contributed by atoms with Crippen LogP contribution in [0.2, 0.25) is 5.02 Å². The van der Waals surface area contributed by atoms with Crippen molar-refractivity contribution in [1.29, 1.82) is 0 Å². The lowest BCUT2D eigenvalue weighted by Crippen LogP contribution is -2.33. The number of benzene rings is 3. The van der Waals surface area contributed by atoms with Crippen molar-refractivity contribution in [3.63, 3.8) is 0 Å². The maximum Gasteiger partial charge on any atom is 0.337 e. The van der Waals surface area contributed by atoms with Crippen LogP contribution in [0.1, 0.15) is 73.2 Å². The van der Waals surface area contributed by atoms with E-state index in [4.69, 9.17) is 16.3 Å². The first-order chi connectivity index (χ1) is 19.1. The Balaban J connectivity index is 1.41. The fraction of sp³-hybridized carbons (Fsp3) is 0.353. The number of hydrogen-bond acceptors (Lipinski definition) is 4. The van der Waals surface area contributed by atoms with E-state index < -0.39 is 6.10 Å². The summed E-state index contributed by atoms with van der Waals surface area (Å²) in [4.78, 5) is 26.1. The van der Waals surface area contributed by atoms with E-state index in [-0.39, 0.29) is 23.3 Å². The van der Waals surface area contributed by atoms with Crippen LogP contribution in [0.4, 0.5) is 0 Å². The summed E-state index contributed by atoms with van der Waals surface area (Å²) >= 11 is 6.31. The highest BCUT2D eigenvalue weighted by Crippen LogP contribution is 2.36. The van der Waals surface area contributed by atoms with Gasteiger partial charge in [0.15, 0.2) is 0 Å². The fourth-order valence-corrected chi connectivity index (χ4v) is 5.42. The van der Waals surface area contributed by atoms with E-state index in [1.165, 1.54) is 7.11 Å². The summed E-state index contributed by atoms with van der Waals surface area (Å²) in [5.41, 5.74) is 5.64. The number of halogens is 1. The van der Waals surface area contributed by atoms with Crippen molar-refractivity contribution >= 4 is 23.5 Å². The van der Waals surface area contributed by atoms with E-state index in [9.17, 15) is 14.7 Å². The van der Waals surface area contributed by atoms with Crippen LogP contribution in [0.3, 0.4) is 0 Å². The molecule has 5 nitrogen and oxygen atoms in total. The molecule has 1 saturated heterocycles. The van der Waals surface area contributed by atoms with E-state index in [1.54, 1.807) is 18.2 Å². The molecule has 1 N–H and O–H groups in total. The van der Waals surface area contributed by atoms with E-state index in [2.05, 4.69) is 26.8 Å². The summed E-state index contributed by atoms with van der Waals surface area (Å²) in [6.07, 6.45) is 5.87. The zero-order valence-corrected chi connectivity index (χ0v) is 24.4. The summed E-state index contributed by atoms with van der Waals surface area (Å²) in [6, 6.07) is 21.3. The Kier molecular flexibility index (Phi) is 9.49. The third-order valence-corrected chi connectivity index (χ3v) is 7.69. The minimum absolute atomic E-state index is 0.0317. The summed E-state index contributed by atoms with van der Waals surface area (Å²) in [7, 11) is 1.37. The molecule has 0 aromatic heterocycles. The maximum atomic E-state index is 12.6. The van der Waals surface area contributed by atoms with Crippen LogP contribution >= 0.6 is 11.6 Å². The van der Waals surface area contributed by atoms with Gasteiger partial charge in [-0.05, 0) is 82.8 Å². The average Bonchev–Trinajstić information content (AvgIpc) is 3.30. The number of aryl methyl sites for hydroxylation is 1. The van der Waals surface area contributed by atoms with Crippen molar-refractivity contribution in [3.8, 4) is 11.1 Å². The Hall–Kier alpha value is -3.41. The smallest absolute Gasteiger partial charge is 0.337 e. The van der Waals surface area contributed by atoms with Crippen LogP contribution in [-0.2, 0) is 21.4 Å². The average molecular weight is 560 g/mol. The molecule has 0 aliphatic carbocycles. The van der Waals surface area contributed by atoms with Crippen LogP contribution in [0.5, 0.6) is 0 Å². The maximum absolute atomic E-state index is 12.6. The molecule has 1 amide bonds. The molecule has 1 fully saturated rings. The highest BCUT2D eigenvalue weighted by Gasteiger charge is 2.28. The number of aliphatic hydroxyl groups is 1. The third kappa shape index (κ3) is 7.21. The number of ether oxygens (including phenoxy) is 1. The summed E-state index contributed by atoms with van der Waals surface area (Å²) in [5.74, 6) is -0.206. The molecule has 1 unspecified atom stereocenters. The molecule has 1 aliphatic heterocycles. The van der Waals surface area contributed by atoms with Crippen LogP contribution < -0.4 is 0 Å². The predicted molar refractivity (Wildman–Crippen MR) is 161 cm³/mol. The first-order valence-corrected chi connectivity index (χ1v) is 14.2. The number of likely N-dealkylation sites (tertiary alicyclic amines) is 1. The SMILES string of the molecule is COC(=O)c1ccc(CCCN2C(=O)CC[C@@H]2/C=C/C(O)c2cccc(-c3ccc(Cl)cc3C(C)(C)C)c2)cc1. The number of esters is 1. The number of rotatable bonds is 9. The van der Waals surface area contributed by atoms with Crippen molar-refractivity contribution < 1.29 is 19.4 Å². The highest BCUT2D eigenvalue weighted by atomic mass is 35.5. The molecule has 0 radical (unpaired) electrons. The van der Waals surface area contributed by atoms with Gasteiger partial charge in [0.2, 0.25) is 5.91 Å². The lowest BCUT2D eigenvalue weighted by atomic mass is 9.81. The quantitative estimate of drug-likeness (QED) is 0.220. The highest BCUT2D eigenvalue weighted by molar-refractivity contribution is 6.30. The standard InChI is InChI=1S/C34H38ClNO4/c1-34(2,3)30-22-27(35)14-17-29(30)25-8-5-9-26(21-25)31(37)18-15-28-16-19-32(38)36(28)20-6-7-23-10-12-24(13-11-23)33(39)40-4/h5,8-15,17-18,21-22,28,31,37H,6-7,16,19-20H2,1-4H3/b18-15+/t28-,31?/m0/s1.